The van der Waals surface area contributed by atoms with Crippen LogP contribution in [0.1, 0.15) is 48.7 Å². The Bertz CT molecular complexity index is 733. The molecule has 2 aromatic rings. The summed E-state index contributed by atoms with van der Waals surface area (Å²) < 4.78 is 11.4. The summed E-state index contributed by atoms with van der Waals surface area (Å²) in [5.74, 6) is 0.840. The van der Waals surface area contributed by atoms with Crippen molar-refractivity contribution < 1.29 is 9.47 Å². The molecule has 29 heavy (non-hydrogen) atoms. The Hall–Kier alpha value is -1.16. The van der Waals surface area contributed by atoms with Gasteiger partial charge in [-0.05, 0) is 49.3 Å². The zero-order valence-corrected chi connectivity index (χ0v) is 20.4. The lowest BCUT2D eigenvalue weighted by Gasteiger charge is -2.22. The van der Waals surface area contributed by atoms with Crippen LogP contribution in [0.3, 0.4) is 0 Å². The second-order valence-corrected chi connectivity index (χ2v) is 8.00. The topological polar surface area (TPSA) is 54.9 Å². The molecule has 2 heterocycles. The van der Waals surface area contributed by atoms with Crippen LogP contribution < -0.4 is 10.6 Å². The molecule has 1 fully saturated rings. The molecule has 0 spiro atoms. The molecule has 1 unspecified atom stereocenters. The van der Waals surface area contributed by atoms with Crippen LogP contribution in [0.4, 0.5) is 0 Å². The van der Waals surface area contributed by atoms with Crippen molar-refractivity contribution in [2.45, 2.75) is 52.0 Å². The summed E-state index contributed by atoms with van der Waals surface area (Å²) in [6.07, 6.45) is 2.30. The molecule has 2 N–H and O–H groups in total. The molecular weight excluding hydrogens is 497 g/mol. The number of nitrogens with one attached hydrogen (secondary N) is 2. The van der Waals surface area contributed by atoms with Gasteiger partial charge in [0.25, 0.3) is 0 Å². The maximum absolute atomic E-state index is 6.04. The molecular formula is C22H32IN3O2S. The molecule has 0 amide bonds. The van der Waals surface area contributed by atoms with Gasteiger partial charge in [0.05, 0.1) is 25.3 Å². The highest BCUT2D eigenvalue weighted by Crippen LogP contribution is 2.18. The van der Waals surface area contributed by atoms with Crippen LogP contribution in [0.15, 0.2) is 46.8 Å². The summed E-state index contributed by atoms with van der Waals surface area (Å²) in [4.78, 5) is 6.07. The maximum atomic E-state index is 6.04. The van der Waals surface area contributed by atoms with Crippen molar-refractivity contribution in [2.24, 2.45) is 4.99 Å². The van der Waals surface area contributed by atoms with E-state index in [1.807, 2.05) is 0 Å². The molecule has 1 aromatic heterocycles. The van der Waals surface area contributed by atoms with Gasteiger partial charge in [-0.1, -0.05) is 30.3 Å². The molecule has 1 aliphatic heterocycles. The van der Waals surface area contributed by atoms with Crippen molar-refractivity contribution in [3.63, 3.8) is 0 Å². The highest BCUT2D eigenvalue weighted by Gasteiger charge is 2.14. The van der Waals surface area contributed by atoms with Crippen LogP contribution in [0.5, 0.6) is 0 Å². The molecule has 1 saturated heterocycles. The Morgan fingerprint density at radius 2 is 2.03 bits per heavy atom. The number of aliphatic imine (C=N–C) groups is 1. The Morgan fingerprint density at radius 1 is 1.24 bits per heavy atom. The summed E-state index contributed by atoms with van der Waals surface area (Å²) in [6, 6.07) is 13.0. The second-order valence-electron chi connectivity index (χ2n) is 7.02. The summed E-state index contributed by atoms with van der Waals surface area (Å²) in [5.41, 5.74) is 2.39. The third kappa shape index (κ3) is 8.24. The first-order valence-electron chi connectivity index (χ1n) is 10.1. The van der Waals surface area contributed by atoms with Crippen molar-refractivity contribution in [3.05, 3.63) is 57.8 Å². The average Bonchev–Trinajstić information content (AvgIpc) is 3.27. The molecule has 7 heteroatoms. The van der Waals surface area contributed by atoms with Crippen molar-refractivity contribution in [3.8, 4) is 0 Å². The smallest absolute Gasteiger partial charge is 0.192 e. The zero-order chi connectivity index (χ0) is 19.6. The van der Waals surface area contributed by atoms with Crippen LogP contribution in [0.25, 0.3) is 0 Å². The Kier molecular flexibility index (Phi) is 11.0. The highest BCUT2D eigenvalue weighted by atomic mass is 127. The van der Waals surface area contributed by atoms with Gasteiger partial charge in [-0.3, -0.25) is 0 Å². The van der Waals surface area contributed by atoms with E-state index >= 15 is 0 Å². The molecule has 1 atom stereocenters. The van der Waals surface area contributed by atoms with Gasteiger partial charge < -0.3 is 20.1 Å². The first-order chi connectivity index (χ1) is 13.7. The molecule has 3 rings (SSSR count). The quantitative estimate of drug-likeness (QED) is 0.291. The van der Waals surface area contributed by atoms with Crippen molar-refractivity contribution in [2.75, 3.05) is 19.8 Å². The number of thiophene rings is 1. The van der Waals surface area contributed by atoms with E-state index in [9.17, 15) is 0 Å². The van der Waals surface area contributed by atoms with E-state index in [4.69, 9.17) is 14.5 Å². The van der Waals surface area contributed by atoms with Gasteiger partial charge in [0.15, 0.2) is 5.96 Å². The van der Waals surface area contributed by atoms with E-state index in [2.05, 4.69) is 66.3 Å². The van der Waals surface area contributed by atoms with Gasteiger partial charge in [-0.25, -0.2) is 4.99 Å². The van der Waals surface area contributed by atoms with Crippen molar-refractivity contribution in [1.29, 1.82) is 0 Å². The standard InChI is InChI=1S/C22H31N3O2S.HI/c1-3-23-22(25-17(2)21-8-5-13-28-21)24-15-18-6-4-7-19(14-18)16-27-20-9-11-26-12-10-20;/h4-8,13-14,17,20H,3,9-12,15-16H2,1-2H3,(H2,23,24,25);1H. The van der Waals surface area contributed by atoms with E-state index in [-0.39, 0.29) is 30.0 Å². The molecule has 0 radical (unpaired) electrons. The maximum Gasteiger partial charge on any atom is 0.192 e. The summed E-state index contributed by atoms with van der Waals surface area (Å²) in [5, 5.41) is 8.92. The molecule has 1 aliphatic rings. The van der Waals surface area contributed by atoms with Crippen LogP contribution in [-0.2, 0) is 22.6 Å². The lowest BCUT2D eigenvalue weighted by molar-refractivity contribution is -0.0390. The number of ether oxygens (including phenoxy) is 2. The minimum absolute atomic E-state index is 0. The van der Waals surface area contributed by atoms with Crippen molar-refractivity contribution >= 4 is 41.3 Å². The fourth-order valence-corrected chi connectivity index (χ4v) is 3.91. The second kappa shape index (κ2) is 13.2. The van der Waals surface area contributed by atoms with E-state index in [0.29, 0.717) is 19.3 Å². The highest BCUT2D eigenvalue weighted by molar-refractivity contribution is 14.0. The van der Waals surface area contributed by atoms with Gasteiger partial charge in [-0.2, -0.15) is 0 Å². The number of halogens is 1. The number of hydrogen-bond acceptors (Lipinski definition) is 4. The zero-order valence-electron chi connectivity index (χ0n) is 17.2. The third-order valence-corrected chi connectivity index (χ3v) is 5.79. The molecule has 5 nitrogen and oxygen atoms in total. The number of hydrogen-bond donors (Lipinski definition) is 2. The van der Waals surface area contributed by atoms with Crippen molar-refractivity contribution in [1.82, 2.24) is 10.6 Å². The molecule has 0 aliphatic carbocycles. The Balaban J connectivity index is 0.00000300. The molecule has 0 saturated carbocycles. The van der Waals surface area contributed by atoms with E-state index < -0.39 is 0 Å². The number of nitrogens with zero attached hydrogens (tertiary/aromatic N) is 1. The van der Waals surface area contributed by atoms with Crippen LogP contribution in [0.2, 0.25) is 0 Å². The first-order valence-corrected chi connectivity index (χ1v) is 11.0. The monoisotopic (exact) mass is 529 g/mol. The van der Waals surface area contributed by atoms with Gasteiger partial charge in [0, 0.05) is 24.6 Å². The van der Waals surface area contributed by atoms with E-state index in [0.717, 1.165) is 38.6 Å². The average molecular weight is 529 g/mol. The van der Waals surface area contributed by atoms with Gasteiger partial charge >= 0.3 is 0 Å². The number of guanidine groups is 1. The van der Waals surface area contributed by atoms with E-state index in [1.165, 1.54) is 16.0 Å². The Labute approximate surface area is 195 Å². The van der Waals surface area contributed by atoms with Crippen LogP contribution >= 0.6 is 35.3 Å². The first kappa shape index (κ1) is 24.1. The predicted octanol–water partition coefficient (Wildman–Crippen LogP) is 4.88. The summed E-state index contributed by atoms with van der Waals surface area (Å²) in [6.45, 7) is 7.98. The van der Waals surface area contributed by atoms with E-state index in [1.54, 1.807) is 11.3 Å². The normalized spacial score (nSPS) is 16.1. The summed E-state index contributed by atoms with van der Waals surface area (Å²) >= 11 is 1.76. The molecule has 0 bridgehead atoms. The van der Waals surface area contributed by atoms with Gasteiger partial charge in [0.2, 0.25) is 0 Å². The Morgan fingerprint density at radius 3 is 2.76 bits per heavy atom. The number of benzene rings is 1. The van der Waals surface area contributed by atoms with Crippen LogP contribution in [0, 0.1) is 0 Å². The minimum atomic E-state index is 0. The summed E-state index contributed by atoms with van der Waals surface area (Å²) in [7, 11) is 0. The van der Waals surface area contributed by atoms with Gasteiger partial charge in [-0.15, -0.1) is 35.3 Å². The lowest BCUT2D eigenvalue weighted by Crippen LogP contribution is -2.38. The number of rotatable bonds is 8. The third-order valence-electron chi connectivity index (χ3n) is 4.73. The fourth-order valence-electron chi connectivity index (χ4n) is 3.18. The predicted molar refractivity (Wildman–Crippen MR) is 131 cm³/mol. The SMILES string of the molecule is CCNC(=NCc1cccc(COC2CCOCC2)c1)NC(C)c1cccs1.I. The van der Waals surface area contributed by atoms with Crippen LogP contribution in [-0.4, -0.2) is 31.8 Å². The molecule has 1 aromatic carbocycles. The van der Waals surface area contributed by atoms with Gasteiger partial charge in [0.1, 0.15) is 0 Å². The molecule has 160 valence electrons. The lowest BCUT2D eigenvalue weighted by atomic mass is 10.1. The largest absolute Gasteiger partial charge is 0.381 e. The fraction of sp³-hybridized carbons (Fsp3) is 0.500. The minimum Gasteiger partial charge on any atom is -0.381 e.